The summed E-state index contributed by atoms with van der Waals surface area (Å²) in [6.07, 6.45) is 0.550. The Balaban J connectivity index is 2.28. The number of carbonyl (C=O) groups is 2. The lowest BCUT2D eigenvalue weighted by Crippen LogP contribution is -2.40. The molecular weight excluding hydrogens is 264 g/mol. The van der Waals surface area contributed by atoms with Gasteiger partial charge in [0.2, 0.25) is 11.8 Å². The Morgan fingerprint density at radius 1 is 1.15 bits per heavy atom. The number of benzene rings is 1. The molecule has 0 aliphatic heterocycles. The second-order valence-electron chi connectivity index (χ2n) is 4.00. The van der Waals surface area contributed by atoms with Crippen molar-refractivity contribution in [2.75, 3.05) is 19.6 Å². The van der Waals surface area contributed by atoms with E-state index in [0.29, 0.717) is 13.0 Å². The highest BCUT2D eigenvalue weighted by atomic mass is 16.6. The van der Waals surface area contributed by atoms with Crippen LogP contribution in [0.25, 0.3) is 0 Å². The van der Waals surface area contributed by atoms with E-state index in [1.165, 1.54) is 12.1 Å². The molecule has 0 saturated carbocycles. The summed E-state index contributed by atoms with van der Waals surface area (Å²) in [4.78, 5) is 32.2. The van der Waals surface area contributed by atoms with Gasteiger partial charge in [-0.2, -0.15) is 0 Å². The van der Waals surface area contributed by atoms with Crippen LogP contribution in [0.1, 0.15) is 5.56 Å². The highest BCUT2D eigenvalue weighted by Gasteiger charge is 2.05. The monoisotopic (exact) mass is 280 g/mol. The van der Waals surface area contributed by atoms with Crippen LogP contribution in [-0.4, -0.2) is 36.4 Å². The van der Waals surface area contributed by atoms with Gasteiger partial charge in [-0.25, -0.2) is 0 Å². The number of nitro groups is 1. The fraction of sp³-hybridized carbons (Fsp3) is 0.333. The van der Waals surface area contributed by atoms with Crippen LogP contribution in [0.4, 0.5) is 5.69 Å². The van der Waals surface area contributed by atoms with Gasteiger partial charge in [-0.15, -0.1) is 0 Å². The summed E-state index contributed by atoms with van der Waals surface area (Å²) in [6, 6.07) is 6.11. The van der Waals surface area contributed by atoms with Gasteiger partial charge in [0.15, 0.2) is 0 Å². The second kappa shape index (κ2) is 7.85. The van der Waals surface area contributed by atoms with Crippen LogP contribution in [0.15, 0.2) is 24.3 Å². The summed E-state index contributed by atoms with van der Waals surface area (Å²) in [5, 5.41) is 15.4. The van der Waals surface area contributed by atoms with Gasteiger partial charge in [0.05, 0.1) is 18.0 Å². The van der Waals surface area contributed by atoms with Crippen molar-refractivity contribution in [1.29, 1.82) is 0 Å². The molecule has 108 valence electrons. The number of amides is 2. The van der Waals surface area contributed by atoms with E-state index in [9.17, 15) is 19.7 Å². The average Bonchev–Trinajstić information content (AvgIpc) is 2.45. The van der Waals surface area contributed by atoms with Gasteiger partial charge < -0.3 is 16.4 Å². The molecule has 1 aromatic carbocycles. The lowest BCUT2D eigenvalue weighted by atomic mass is 10.1. The third kappa shape index (κ3) is 5.44. The molecule has 0 atom stereocenters. The third-order valence-electron chi connectivity index (χ3n) is 2.51. The first-order chi connectivity index (χ1) is 9.52. The minimum Gasteiger partial charge on any atom is -0.354 e. The molecule has 0 bridgehead atoms. The van der Waals surface area contributed by atoms with Crippen molar-refractivity contribution in [1.82, 2.24) is 10.6 Å². The van der Waals surface area contributed by atoms with Crippen molar-refractivity contribution >= 4 is 17.5 Å². The molecule has 0 saturated heterocycles. The third-order valence-corrected chi connectivity index (χ3v) is 2.51. The first kappa shape index (κ1) is 15.6. The number of nitrogens with one attached hydrogen (secondary N) is 2. The first-order valence-electron chi connectivity index (χ1n) is 5.99. The van der Waals surface area contributed by atoms with E-state index in [1.807, 2.05) is 0 Å². The van der Waals surface area contributed by atoms with Crippen molar-refractivity contribution in [3.63, 3.8) is 0 Å². The number of non-ortho nitro benzene ring substituents is 1. The molecule has 0 heterocycles. The van der Waals surface area contributed by atoms with Crippen molar-refractivity contribution in [2.45, 2.75) is 6.42 Å². The number of hydrogen-bond donors (Lipinski definition) is 3. The van der Waals surface area contributed by atoms with Crippen LogP contribution in [0.2, 0.25) is 0 Å². The van der Waals surface area contributed by atoms with E-state index in [2.05, 4.69) is 10.6 Å². The van der Waals surface area contributed by atoms with Gasteiger partial charge in [-0.3, -0.25) is 19.7 Å². The first-order valence-corrected chi connectivity index (χ1v) is 5.99. The molecule has 0 aromatic heterocycles. The van der Waals surface area contributed by atoms with Crippen molar-refractivity contribution < 1.29 is 14.5 Å². The highest BCUT2D eigenvalue weighted by molar-refractivity contribution is 5.85. The predicted molar refractivity (Wildman–Crippen MR) is 71.9 cm³/mol. The van der Waals surface area contributed by atoms with Gasteiger partial charge in [0, 0.05) is 18.7 Å². The Labute approximate surface area is 115 Å². The smallest absolute Gasteiger partial charge is 0.269 e. The fourth-order valence-corrected chi connectivity index (χ4v) is 1.44. The average molecular weight is 280 g/mol. The molecule has 0 spiro atoms. The van der Waals surface area contributed by atoms with E-state index in [-0.39, 0.29) is 24.7 Å². The quantitative estimate of drug-likeness (QED) is 0.451. The highest BCUT2D eigenvalue weighted by Crippen LogP contribution is 2.11. The fourth-order valence-electron chi connectivity index (χ4n) is 1.44. The lowest BCUT2D eigenvalue weighted by Gasteiger charge is -2.06. The van der Waals surface area contributed by atoms with Gasteiger partial charge in [0.1, 0.15) is 0 Å². The Morgan fingerprint density at radius 2 is 1.80 bits per heavy atom. The molecule has 0 aliphatic rings. The van der Waals surface area contributed by atoms with Crippen molar-refractivity contribution in [3.8, 4) is 0 Å². The lowest BCUT2D eigenvalue weighted by molar-refractivity contribution is -0.384. The van der Waals surface area contributed by atoms with E-state index < -0.39 is 10.8 Å². The molecule has 0 radical (unpaired) electrons. The van der Waals surface area contributed by atoms with Gasteiger partial charge in [0.25, 0.3) is 5.69 Å². The Bertz CT molecular complexity index is 487. The standard InChI is InChI=1S/C12H16N4O4/c13-7-11(17)15-8-12(18)14-6-5-9-1-3-10(4-2-9)16(19)20/h1-4H,5-8,13H2,(H,14,18)(H,15,17). The molecule has 4 N–H and O–H groups in total. The molecule has 8 nitrogen and oxygen atoms in total. The van der Waals surface area contributed by atoms with Gasteiger partial charge in [-0.05, 0) is 12.0 Å². The number of nitro benzene ring substituents is 1. The number of hydrogen-bond acceptors (Lipinski definition) is 5. The normalized spacial score (nSPS) is 9.85. The topological polar surface area (TPSA) is 127 Å². The Morgan fingerprint density at radius 3 is 2.35 bits per heavy atom. The van der Waals surface area contributed by atoms with Crippen LogP contribution in [0.3, 0.4) is 0 Å². The number of nitrogens with zero attached hydrogens (tertiary/aromatic N) is 1. The zero-order chi connectivity index (χ0) is 15.0. The SMILES string of the molecule is NCC(=O)NCC(=O)NCCc1ccc([N+](=O)[O-])cc1. The molecule has 0 aliphatic carbocycles. The van der Waals surface area contributed by atoms with Gasteiger partial charge in [-0.1, -0.05) is 12.1 Å². The Hall–Kier alpha value is -2.48. The summed E-state index contributed by atoms with van der Waals surface area (Å²) in [5.41, 5.74) is 5.98. The number of carbonyl (C=O) groups excluding carboxylic acids is 2. The molecule has 0 fully saturated rings. The van der Waals surface area contributed by atoms with E-state index in [4.69, 9.17) is 5.73 Å². The minimum atomic E-state index is -0.467. The molecule has 20 heavy (non-hydrogen) atoms. The Kier molecular flexibility index (Phi) is 6.11. The zero-order valence-electron chi connectivity index (χ0n) is 10.8. The van der Waals surface area contributed by atoms with E-state index >= 15 is 0 Å². The zero-order valence-corrected chi connectivity index (χ0v) is 10.8. The maximum absolute atomic E-state index is 11.3. The van der Waals surface area contributed by atoms with Crippen molar-refractivity contribution in [2.24, 2.45) is 5.73 Å². The van der Waals surface area contributed by atoms with Crippen LogP contribution in [0.5, 0.6) is 0 Å². The second-order valence-corrected chi connectivity index (χ2v) is 4.00. The molecule has 8 heteroatoms. The number of rotatable bonds is 7. The van der Waals surface area contributed by atoms with Crippen molar-refractivity contribution in [3.05, 3.63) is 39.9 Å². The maximum atomic E-state index is 11.3. The van der Waals surface area contributed by atoms with E-state index in [0.717, 1.165) is 5.56 Å². The maximum Gasteiger partial charge on any atom is 0.269 e. The largest absolute Gasteiger partial charge is 0.354 e. The van der Waals surface area contributed by atoms with Crippen LogP contribution in [0, 0.1) is 10.1 Å². The summed E-state index contributed by atoms with van der Waals surface area (Å²) >= 11 is 0. The molecule has 0 unspecified atom stereocenters. The molecule has 2 amide bonds. The molecular formula is C12H16N4O4. The minimum absolute atomic E-state index is 0.0299. The molecule has 1 rings (SSSR count). The summed E-state index contributed by atoms with van der Waals surface area (Å²) < 4.78 is 0. The molecule has 1 aromatic rings. The van der Waals surface area contributed by atoms with Crippen LogP contribution in [-0.2, 0) is 16.0 Å². The summed E-state index contributed by atoms with van der Waals surface area (Å²) in [5.74, 6) is -0.704. The number of nitrogens with two attached hydrogens (primary N) is 1. The summed E-state index contributed by atoms with van der Waals surface area (Å²) in [6.45, 7) is 0.113. The van der Waals surface area contributed by atoms with Crippen LogP contribution >= 0.6 is 0 Å². The summed E-state index contributed by atoms with van der Waals surface area (Å²) in [7, 11) is 0. The predicted octanol–water partition coefficient (Wildman–Crippen LogP) is -0.672. The van der Waals surface area contributed by atoms with E-state index in [1.54, 1.807) is 12.1 Å². The van der Waals surface area contributed by atoms with Crippen LogP contribution < -0.4 is 16.4 Å². The van der Waals surface area contributed by atoms with Gasteiger partial charge >= 0.3 is 0 Å².